The molecule has 0 saturated heterocycles. The third-order valence-electron chi connectivity index (χ3n) is 5.44. The van der Waals surface area contributed by atoms with Gasteiger partial charge in [-0.05, 0) is 42.7 Å². The van der Waals surface area contributed by atoms with Gasteiger partial charge in [0, 0.05) is 17.9 Å². The topological polar surface area (TPSA) is 84.9 Å². The monoisotopic (exact) mass is 424 g/mol. The van der Waals surface area contributed by atoms with Gasteiger partial charge in [0.25, 0.3) is 0 Å². The molecule has 1 aliphatic carbocycles. The van der Waals surface area contributed by atoms with Crippen LogP contribution in [0.1, 0.15) is 37.7 Å². The molecule has 1 amide bonds. The van der Waals surface area contributed by atoms with E-state index in [1.807, 2.05) is 12.1 Å². The Bertz CT molecular complexity index is 908. The molecule has 3 rings (SSSR count). The van der Waals surface area contributed by atoms with Gasteiger partial charge in [-0.1, -0.05) is 37.5 Å². The number of hydrogen-bond donors (Lipinski definition) is 1. The third kappa shape index (κ3) is 5.63. The van der Waals surface area contributed by atoms with E-state index in [9.17, 15) is 14.4 Å². The quantitative estimate of drug-likeness (QED) is 0.706. The van der Waals surface area contributed by atoms with E-state index in [2.05, 4.69) is 5.32 Å². The van der Waals surface area contributed by atoms with Gasteiger partial charge in [0.05, 0.1) is 26.2 Å². The van der Waals surface area contributed by atoms with Crippen molar-refractivity contribution in [2.45, 2.75) is 44.6 Å². The maximum absolute atomic E-state index is 12.5. The van der Waals surface area contributed by atoms with Crippen molar-refractivity contribution in [2.24, 2.45) is 0 Å². The minimum Gasteiger partial charge on any atom is -0.465 e. The highest BCUT2D eigenvalue weighted by molar-refractivity contribution is 6.05. The van der Waals surface area contributed by atoms with Gasteiger partial charge in [0.2, 0.25) is 5.91 Å². The molecule has 1 saturated carbocycles. The number of carbonyl (C=O) groups excluding carboxylic acids is 3. The molecular formula is C24H28N2O5. The SMILES string of the molecule is COC(=O)C1=C(C(=O)OC)N(c2ccc(CC(=O)NC3CCCCC3)cc2)C=CC=C1. The highest BCUT2D eigenvalue weighted by Crippen LogP contribution is 2.26. The number of nitrogens with zero attached hydrogens (tertiary/aromatic N) is 1. The van der Waals surface area contributed by atoms with Gasteiger partial charge in [-0.25, -0.2) is 9.59 Å². The molecule has 0 radical (unpaired) electrons. The Morgan fingerprint density at radius 3 is 2.29 bits per heavy atom. The Hall–Kier alpha value is -3.35. The summed E-state index contributed by atoms with van der Waals surface area (Å²) in [6.07, 6.45) is 12.5. The maximum Gasteiger partial charge on any atom is 0.355 e. The van der Waals surface area contributed by atoms with E-state index in [1.54, 1.807) is 35.4 Å². The van der Waals surface area contributed by atoms with Crippen LogP contribution in [0.4, 0.5) is 5.69 Å². The number of ether oxygens (including phenoxy) is 2. The van der Waals surface area contributed by atoms with Gasteiger partial charge in [-0.2, -0.15) is 0 Å². The molecule has 0 bridgehead atoms. The number of benzene rings is 1. The summed E-state index contributed by atoms with van der Waals surface area (Å²) in [7, 11) is 2.52. The molecular weight excluding hydrogens is 396 g/mol. The largest absolute Gasteiger partial charge is 0.465 e. The van der Waals surface area contributed by atoms with E-state index < -0.39 is 11.9 Å². The van der Waals surface area contributed by atoms with Gasteiger partial charge in [-0.15, -0.1) is 0 Å². The number of nitrogens with one attached hydrogen (secondary N) is 1. The lowest BCUT2D eigenvalue weighted by Crippen LogP contribution is -2.37. The summed E-state index contributed by atoms with van der Waals surface area (Å²) in [6.45, 7) is 0. The van der Waals surface area contributed by atoms with Crippen molar-refractivity contribution in [3.8, 4) is 0 Å². The van der Waals surface area contributed by atoms with Crippen LogP contribution in [0.5, 0.6) is 0 Å². The molecule has 1 fully saturated rings. The van der Waals surface area contributed by atoms with Crippen LogP contribution in [-0.2, 0) is 30.3 Å². The number of amides is 1. The van der Waals surface area contributed by atoms with Crippen molar-refractivity contribution in [3.05, 3.63) is 65.5 Å². The Kier molecular flexibility index (Phi) is 7.65. The molecule has 2 aliphatic rings. The van der Waals surface area contributed by atoms with Crippen LogP contribution in [0.15, 0.2) is 60.0 Å². The van der Waals surface area contributed by atoms with Crippen molar-refractivity contribution >= 4 is 23.5 Å². The summed E-state index contributed by atoms with van der Waals surface area (Å²) in [5.41, 5.74) is 1.67. The summed E-state index contributed by atoms with van der Waals surface area (Å²) in [5, 5.41) is 3.12. The zero-order valence-electron chi connectivity index (χ0n) is 17.9. The third-order valence-corrected chi connectivity index (χ3v) is 5.44. The molecule has 0 atom stereocenters. The van der Waals surface area contributed by atoms with Gasteiger partial charge in [-0.3, -0.25) is 4.79 Å². The summed E-state index contributed by atoms with van der Waals surface area (Å²) in [4.78, 5) is 38.7. The lowest BCUT2D eigenvalue weighted by Gasteiger charge is -2.24. The number of carbonyl (C=O) groups is 3. The summed E-state index contributed by atoms with van der Waals surface area (Å²) in [6, 6.07) is 7.57. The van der Waals surface area contributed by atoms with Crippen LogP contribution in [0.25, 0.3) is 0 Å². The van der Waals surface area contributed by atoms with E-state index in [-0.39, 0.29) is 23.2 Å². The fraction of sp³-hybridized carbons (Fsp3) is 0.375. The number of allylic oxidation sites excluding steroid dienone is 2. The molecule has 1 N–H and O–H groups in total. The fourth-order valence-corrected chi connectivity index (χ4v) is 3.85. The van der Waals surface area contributed by atoms with Crippen molar-refractivity contribution < 1.29 is 23.9 Å². The van der Waals surface area contributed by atoms with Gasteiger partial charge >= 0.3 is 11.9 Å². The predicted octanol–water partition coefficient (Wildman–Crippen LogP) is 3.17. The first kappa shape index (κ1) is 22.3. The van der Waals surface area contributed by atoms with Crippen LogP contribution in [0.3, 0.4) is 0 Å². The zero-order valence-corrected chi connectivity index (χ0v) is 17.9. The number of rotatable bonds is 6. The average Bonchev–Trinajstić information content (AvgIpc) is 3.02. The first-order valence-electron chi connectivity index (χ1n) is 10.5. The molecule has 7 nitrogen and oxygen atoms in total. The second kappa shape index (κ2) is 10.6. The van der Waals surface area contributed by atoms with E-state index in [4.69, 9.17) is 9.47 Å². The molecule has 1 aromatic carbocycles. The predicted molar refractivity (Wildman–Crippen MR) is 117 cm³/mol. The maximum atomic E-state index is 12.5. The zero-order chi connectivity index (χ0) is 22.2. The molecule has 7 heteroatoms. The van der Waals surface area contributed by atoms with E-state index in [0.29, 0.717) is 12.1 Å². The van der Waals surface area contributed by atoms with Gasteiger partial charge < -0.3 is 19.7 Å². The van der Waals surface area contributed by atoms with Gasteiger partial charge in [0.1, 0.15) is 5.70 Å². The van der Waals surface area contributed by atoms with Crippen LogP contribution in [0, 0.1) is 0 Å². The van der Waals surface area contributed by atoms with E-state index >= 15 is 0 Å². The Morgan fingerprint density at radius 1 is 0.968 bits per heavy atom. The number of methoxy groups -OCH3 is 2. The number of hydrogen-bond acceptors (Lipinski definition) is 6. The lowest BCUT2D eigenvalue weighted by atomic mass is 9.95. The molecule has 1 aromatic rings. The summed E-state index contributed by atoms with van der Waals surface area (Å²) < 4.78 is 9.73. The minimum absolute atomic E-state index is 0.0154. The summed E-state index contributed by atoms with van der Waals surface area (Å²) in [5.74, 6) is -1.28. The van der Waals surface area contributed by atoms with Crippen molar-refractivity contribution in [2.75, 3.05) is 19.1 Å². The standard InChI is InChI=1S/C24H28N2O5/c1-30-23(28)20-10-6-7-15-26(22(20)24(29)31-2)19-13-11-17(12-14-19)16-21(27)25-18-8-4-3-5-9-18/h6-7,10-15,18H,3-5,8-9,16H2,1-2H3,(H,25,27). The summed E-state index contributed by atoms with van der Waals surface area (Å²) >= 11 is 0. The molecule has 164 valence electrons. The van der Waals surface area contributed by atoms with Crippen molar-refractivity contribution in [1.82, 2.24) is 5.32 Å². The molecule has 1 aliphatic heterocycles. The van der Waals surface area contributed by atoms with Crippen LogP contribution in [-0.4, -0.2) is 38.1 Å². The Labute approximate surface area is 182 Å². The second-order valence-corrected chi connectivity index (χ2v) is 7.56. The molecule has 0 unspecified atom stereocenters. The van der Waals surface area contributed by atoms with Crippen LogP contribution < -0.4 is 10.2 Å². The second-order valence-electron chi connectivity index (χ2n) is 7.56. The molecule has 0 spiro atoms. The van der Waals surface area contributed by atoms with Crippen LogP contribution in [0.2, 0.25) is 0 Å². The van der Waals surface area contributed by atoms with Gasteiger partial charge in [0.15, 0.2) is 0 Å². The smallest absolute Gasteiger partial charge is 0.355 e. The van der Waals surface area contributed by atoms with E-state index in [0.717, 1.165) is 18.4 Å². The van der Waals surface area contributed by atoms with E-state index in [1.165, 1.54) is 39.6 Å². The average molecular weight is 424 g/mol. The molecule has 0 aromatic heterocycles. The molecule has 1 heterocycles. The number of esters is 2. The highest BCUT2D eigenvalue weighted by Gasteiger charge is 2.27. The lowest BCUT2D eigenvalue weighted by molar-refractivity contribution is -0.139. The Morgan fingerprint density at radius 2 is 1.65 bits per heavy atom. The van der Waals surface area contributed by atoms with Crippen LogP contribution >= 0.6 is 0 Å². The van der Waals surface area contributed by atoms with Crippen molar-refractivity contribution in [3.63, 3.8) is 0 Å². The normalized spacial score (nSPS) is 16.6. The minimum atomic E-state index is -0.660. The molecule has 31 heavy (non-hydrogen) atoms. The van der Waals surface area contributed by atoms with Crippen molar-refractivity contribution in [1.29, 1.82) is 0 Å². The Balaban J connectivity index is 1.78. The highest BCUT2D eigenvalue weighted by atomic mass is 16.5. The first-order valence-corrected chi connectivity index (χ1v) is 10.5. The number of anilines is 1. The first-order chi connectivity index (χ1) is 15.0. The fourth-order valence-electron chi connectivity index (χ4n) is 3.85.